The van der Waals surface area contributed by atoms with Crippen molar-refractivity contribution < 1.29 is 46.8 Å². The summed E-state index contributed by atoms with van der Waals surface area (Å²) in [4.78, 5) is 24.3. The Morgan fingerprint density at radius 1 is 1.11 bits per heavy atom. The summed E-state index contributed by atoms with van der Waals surface area (Å²) in [6.45, 7) is 0.890. The molecule has 0 aromatic heterocycles. The Morgan fingerprint density at radius 2 is 1.76 bits per heavy atom. The van der Waals surface area contributed by atoms with Gasteiger partial charge >= 0.3 is 12.1 Å². The minimum Gasteiger partial charge on any atom is -0.482 e. The quantitative estimate of drug-likeness (QED) is 0.370. The van der Waals surface area contributed by atoms with E-state index >= 15 is 0 Å². The first-order valence-electron chi connectivity index (χ1n) is 11.1. The third kappa shape index (κ3) is 4.74. The molecule has 1 aliphatic rings. The predicted molar refractivity (Wildman–Crippen MR) is 129 cm³/mol. The van der Waals surface area contributed by atoms with E-state index < -0.39 is 46.5 Å². The number of benzene rings is 3. The van der Waals surface area contributed by atoms with E-state index in [1.807, 2.05) is 0 Å². The van der Waals surface area contributed by atoms with Gasteiger partial charge in [0, 0.05) is 18.0 Å². The molecule has 4 rings (SSSR count). The molecule has 0 saturated heterocycles. The van der Waals surface area contributed by atoms with Gasteiger partial charge in [0.15, 0.2) is 12.2 Å². The Labute approximate surface area is 218 Å². The molecule has 200 valence electrons. The Balaban J connectivity index is 1.70. The van der Waals surface area contributed by atoms with Crippen LogP contribution in [-0.2, 0) is 10.4 Å². The second-order valence-electron chi connectivity index (χ2n) is 8.64. The van der Waals surface area contributed by atoms with Gasteiger partial charge in [-0.25, -0.2) is 9.18 Å². The highest BCUT2D eigenvalue weighted by Crippen LogP contribution is 2.51. The van der Waals surface area contributed by atoms with Gasteiger partial charge in [-0.1, -0.05) is 30.7 Å². The summed E-state index contributed by atoms with van der Waals surface area (Å²) in [6, 6.07) is 10.1. The molecule has 0 unspecified atom stereocenters. The fourth-order valence-electron chi connectivity index (χ4n) is 4.18. The van der Waals surface area contributed by atoms with Crippen LogP contribution in [0.5, 0.6) is 17.2 Å². The summed E-state index contributed by atoms with van der Waals surface area (Å²) >= 11 is 6.31. The van der Waals surface area contributed by atoms with Crippen LogP contribution in [0.15, 0.2) is 54.6 Å². The van der Waals surface area contributed by atoms with Crippen LogP contribution in [0.3, 0.4) is 0 Å². The number of nitrogens with zero attached hydrogens (tertiary/aromatic N) is 1. The number of rotatable bonds is 6. The molecule has 2 atom stereocenters. The second-order valence-corrected chi connectivity index (χ2v) is 9.05. The number of hydrogen-bond donors (Lipinski definition) is 2. The standard InChI is InChI=1S/C26H20ClF4NO6/c1-13(17-6-4-16(11-19(17)27)38-15-5-7-20(28)18(10-15)24(34)35)25(36,26(29,30)31)14-3-8-22-21(9-14)32(2)23(33)12-37-22/h3-11,13,36H,12H2,1-2H3,(H,34,35)/t13-,25-/m1/s1. The molecule has 0 spiro atoms. The van der Waals surface area contributed by atoms with Crippen molar-refractivity contribution in [2.24, 2.45) is 0 Å². The lowest BCUT2D eigenvalue weighted by Gasteiger charge is -2.38. The van der Waals surface area contributed by atoms with Crippen molar-refractivity contribution in [3.8, 4) is 17.2 Å². The highest BCUT2D eigenvalue weighted by atomic mass is 35.5. The molecule has 1 heterocycles. The molecule has 1 aliphatic heterocycles. The van der Waals surface area contributed by atoms with Gasteiger partial charge in [-0.2, -0.15) is 13.2 Å². The van der Waals surface area contributed by atoms with Crippen LogP contribution in [0.25, 0.3) is 0 Å². The third-order valence-electron chi connectivity index (χ3n) is 6.39. The Morgan fingerprint density at radius 3 is 2.39 bits per heavy atom. The molecule has 0 bridgehead atoms. The van der Waals surface area contributed by atoms with E-state index in [2.05, 4.69) is 0 Å². The smallest absolute Gasteiger partial charge is 0.422 e. The number of carbonyl (C=O) groups is 2. The predicted octanol–water partition coefficient (Wildman–Crippen LogP) is 5.88. The molecule has 0 aliphatic carbocycles. The first-order valence-corrected chi connectivity index (χ1v) is 11.4. The summed E-state index contributed by atoms with van der Waals surface area (Å²) in [5.41, 5.74) is -4.56. The van der Waals surface area contributed by atoms with Crippen LogP contribution in [-0.4, -0.2) is 41.9 Å². The van der Waals surface area contributed by atoms with Gasteiger partial charge < -0.3 is 24.6 Å². The molecule has 2 N–H and O–H groups in total. The lowest BCUT2D eigenvalue weighted by molar-refractivity contribution is -0.274. The molecule has 3 aromatic carbocycles. The van der Waals surface area contributed by atoms with E-state index in [-0.39, 0.29) is 40.1 Å². The van der Waals surface area contributed by atoms with Gasteiger partial charge in [0.1, 0.15) is 23.1 Å². The average molecular weight is 554 g/mol. The maximum atomic E-state index is 14.5. The molecule has 12 heteroatoms. The summed E-state index contributed by atoms with van der Waals surface area (Å²) < 4.78 is 67.8. The van der Waals surface area contributed by atoms with E-state index in [0.717, 1.165) is 36.1 Å². The number of fused-ring (bicyclic) bond motifs is 1. The Hall–Kier alpha value is -3.83. The number of alkyl halides is 3. The summed E-state index contributed by atoms with van der Waals surface area (Å²) in [5.74, 6) is -4.38. The molecule has 1 amide bonds. The average Bonchev–Trinajstić information content (AvgIpc) is 2.85. The normalized spacial score (nSPS) is 15.8. The maximum absolute atomic E-state index is 14.5. The van der Waals surface area contributed by atoms with E-state index in [1.54, 1.807) is 0 Å². The SMILES string of the molecule is C[C@H](c1ccc(Oc2ccc(F)c(C(=O)O)c2)cc1Cl)[C@@](O)(c1ccc2c(c1)N(C)C(=O)CO2)C(F)(F)F. The lowest BCUT2D eigenvalue weighted by atomic mass is 9.77. The van der Waals surface area contributed by atoms with Crippen molar-refractivity contribution >= 4 is 29.2 Å². The van der Waals surface area contributed by atoms with Crippen molar-refractivity contribution in [1.82, 2.24) is 0 Å². The van der Waals surface area contributed by atoms with Gasteiger partial charge in [0.25, 0.3) is 5.91 Å². The first-order chi connectivity index (χ1) is 17.7. The Kier molecular flexibility index (Phi) is 7.02. The van der Waals surface area contributed by atoms with Gasteiger partial charge in [0.05, 0.1) is 11.3 Å². The van der Waals surface area contributed by atoms with Crippen LogP contribution >= 0.6 is 11.6 Å². The number of carbonyl (C=O) groups excluding carboxylic acids is 1. The van der Waals surface area contributed by atoms with E-state index in [9.17, 15) is 32.3 Å². The lowest BCUT2D eigenvalue weighted by Crippen LogP contribution is -2.47. The zero-order valence-corrected chi connectivity index (χ0v) is 20.6. The highest BCUT2D eigenvalue weighted by Gasteiger charge is 2.59. The largest absolute Gasteiger partial charge is 0.482 e. The molecule has 0 saturated carbocycles. The van der Waals surface area contributed by atoms with E-state index in [0.29, 0.717) is 0 Å². The minimum atomic E-state index is -5.15. The second kappa shape index (κ2) is 9.80. The highest BCUT2D eigenvalue weighted by molar-refractivity contribution is 6.31. The molecule has 3 aromatic rings. The number of ether oxygens (including phenoxy) is 2. The van der Waals surface area contributed by atoms with Crippen molar-refractivity contribution in [1.29, 1.82) is 0 Å². The minimum absolute atomic E-state index is 0.0375. The van der Waals surface area contributed by atoms with Gasteiger partial charge in [-0.15, -0.1) is 0 Å². The number of aromatic carboxylic acids is 1. The summed E-state index contributed by atoms with van der Waals surface area (Å²) in [7, 11) is 1.39. The number of amides is 1. The number of hydrogen-bond acceptors (Lipinski definition) is 5. The van der Waals surface area contributed by atoms with Crippen molar-refractivity contribution in [3.63, 3.8) is 0 Å². The number of carboxylic acids is 1. The van der Waals surface area contributed by atoms with E-state index in [4.69, 9.17) is 26.2 Å². The van der Waals surface area contributed by atoms with Crippen molar-refractivity contribution in [2.45, 2.75) is 24.6 Å². The molecule has 7 nitrogen and oxygen atoms in total. The molecule has 0 radical (unpaired) electrons. The molecule has 0 fully saturated rings. The monoisotopic (exact) mass is 553 g/mol. The number of halogens is 5. The van der Waals surface area contributed by atoms with Gasteiger partial charge in [-0.05, 0) is 53.6 Å². The number of aliphatic hydroxyl groups is 1. The summed E-state index contributed by atoms with van der Waals surface area (Å²) in [5, 5.41) is 20.1. The maximum Gasteiger partial charge on any atom is 0.422 e. The third-order valence-corrected chi connectivity index (χ3v) is 6.71. The molecular formula is C26H20ClF4NO6. The van der Waals surface area contributed by atoms with Gasteiger partial charge in [-0.3, -0.25) is 4.79 Å². The summed E-state index contributed by atoms with van der Waals surface area (Å²) in [6.07, 6.45) is -5.15. The molecular weight excluding hydrogens is 534 g/mol. The Bertz CT molecular complexity index is 1430. The van der Waals surface area contributed by atoms with Crippen molar-refractivity contribution in [2.75, 3.05) is 18.6 Å². The number of anilines is 1. The van der Waals surface area contributed by atoms with Crippen LogP contribution in [0.1, 0.15) is 34.3 Å². The van der Waals surface area contributed by atoms with Gasteiger partial charge in [0.2, 0.25) is 0 Å². The van der Waals surface area contributed by atoms with Crippen LogP contribution < -0.4 is 14.4 Å². The fraction of sp³-hybridized carbons (Fsp3) is 0.231. The van der Waals surface area contributed by atoms with Crippen LogP contribution in [0.4, 0.5) is 23.2 Å². The van der Waals surface area contributed by atoms with E-state index in [1.165, 1.54) is 37.4 Å². The number of carboxylic acid groups (broad SMARTS) is 1. The number of likely N-dealkylation sites (N-methyl/N-ethyl adjacent to an activating group) is 1. The van der Waals surface area contributed by atoms with Crippen LogP contribution in [0.2, 0.25) is 5.02 Å². The van der Waals surface area contributed by atoms with Crippen molar-refractivity contribution in [3.05, 3.63) is 82.1 Å². The fourth-order valence-corrected chi connectivity index (χ4v) is 4.52. The topological polar surface area (TPSA) is 96.3 Å². The zero-order chi connectivity index (χ0) is 28.0. The molecule has 38 heavy (non-hydrogen) atoms. The first kappa shape index (κ1) is 27.2. The van der Waals surface area contributed by atoms with Crippen LogP contribution in [0, 0.1) is 5.82 Å². The zero-order valence-electron chi connectivity index (χ0n) is 19.8.